The Balaban J connectivity index is 3.30. The Kier molecular flexibility index (Phi) is 4.34. The van der Waals surface area contributed by atoms with E-state index in [4.69, 9.17) is 10.8 Å². The maximum Gasteiger partial charge on any atom is 0.182 e. The molecule has 1 heterocycles. The van der Waals surface area contributed by atoms with E-state index in [2.05, 4.69) is 4.37 Å². The predicted octanol–water partition coefficient (Wildman–Crippen LogP) is 0.336. The fourth-order valence-electron chi connectivity index (χ4n) is 1.52. The number of anilines is 2. The van der Waals surface area contributed by atoms with Crippen LogP contribution in [0.4, 0.5) is 10.8 Å². The summed E-state index contributed by atoms with van der Waals surface area (Å²) in [5, 5.41) is 9.50. The van der Waals surface area contributed by atoms with Crippen molar-refractivity contribution in [1.82, 2.24) is 4.37 Å². The van der Waals surface area contributed by atoms with Crippen LogP contribution in [0.2, 0.25) is 0 Å². The second-order valence-electron chi connectivity index (χ2n) is 3.99. The van der Waals surface area contributed by atoms with Gasteiger partial charge in [0.1, 0.15) is 9.90 Å². The number of nitrogens with two attached hydrogens (primary N) is 1. The molecular formula is C9H17N3O3S2. The summed E-state index contributed by atoms with van der Waals surface area (Å²) in [4.78, 5) is 1.84. The molecule has 0 amide bonds. The highest BCUT2D eigenvalue weighted by molar-refractivity contribution is 7.91. The Morgan fingerprint density at radius 3 is 2.53 bits per heavy atom. The summed E-state index contributed by atoms with van der Waals surface area (Å²) < 4.78 is 27.2. The zero-order valence-electron chi connectivity index (χ0n) is 10.0. The Hall–Kier alpha value is -0.860. The first kappa shape index (κ1) is 14.2. The smallest absolute Gasteiger partial charge is 0.182 e. The summed E-state index contributed by atoms with van der Waals surface area (Å²) in [5.74, 6) is 0.0242. The van der Waals surface area contributed by atoms with Crippen molar-refractivity contribution in [3.05, 3.63) is 0 Å². The molecule has 0 bridgehead atoms. The van der Waals surface area contributed by atoms with Crippen LogP contribution in [0.3, 0.4) is 0 Å². The lowest BCUT2D eigenvalue weighted by Crippen LogP contribution is -2.33. The first-order valence-corrected chi connectivity index (χ1v) is 7.78. The largest absolute Gasteiger partial charge is 0.395 e. The third kappa shape index (κ3) is 3.08. The molecule has 1 aromatic heterocycles. The predicted molar refractivity (Wildman–Crippen MR) is 69.2 cm³/mol. The zero-order valence-corrected chi connectivity index (χ0v) is 11.7. The van der Waals surface area contributed by atoms with E-state index in [1.165, 1.54) is 0 Å². The van der Waals surface area contributed by atoms with Crippen molar-refractivity contribution in [3.63, 3.8) is 0 Å². The Morgan fingerprint density at radius 2 is 2.12 bits per heavy atom. The van der Waals surface area contributed by atoms with Gasteiger partial charge in [-0.05, 0) is 25.4 Å². The molecule has 1 aromatic rings. The maximum absolute atomic E-state index is 11.7. The molecule has 0 aliphatic heterocycles. The zero-order chi connectivity index (χ0) is 13.2. The maximum atomic E-state index is 11.7. The van der Waals surface area contributed by atoms with Crippen LogP contribution in [0.5, 0.6) is 0 Å². The van der Waals surface area contributed by atoms with Crippen molar-refractivity contribution >= 4 is 32.2 Å². The molecule has 0 saturated carbocycles. The van der Waals surface area contributed by atoms with E-state index in [0.717, 1.165) is 17.8 Å². The van der Waals surface area contributed by atoms with Crippen LogP contribution in [-0.2, 0) is 9.84 Å². The van der Waals surface area contributed by atoms with Gasteiger partial charge in [0.25, 0.3) is 0 Å². The number of rotatable bonds is 5. The van der Waals surface area contributed by atoms with Crippen LogP contribution < -0.4 is 10.6 Å². The first-order valence-electron chi connectivity index (χ1n) is 5.11. The van der Waals surface area contributed by atoms with E-state index >= 15 is 0 Å². The third-order valence-corrected chi connectivity index (χ3v) is 4.43. The molecule has 0 atom stereocenters. The van der Waals surface area contributed by atoms with Crippen LogP contribution in [0.1, 0.15) is 13.8 Å². The number of aliphatic hydroxyl groups is 1. The molecule has 98 valence electrons. The van der Waals surface area contributed by atoms with Crippen LogP contribution in [0.25, 0.3) is 0 Å². The standard InChI is InChI=1S/C9H17N3O3S2/c1-6(2)12(4-5-13)9-7(17(3,14)15)8(10)11-16-9/h6,13H,4-5H2,1-3H3,(H2,10,11). The van der Waals surface area contributed by atoms with Gasteiger partial charge in [0.15, 0.2) is 15.7 Å². The number of aliphatic hydroxyl groups excluding tert-OH is 1. The van der Waals surface area contributed by atoms with E-state index < -0.39 is 9.84 Å². The lowest BCUT2D eigenvalue weighted by atomic mass is 10.3. The average molecular weight is 279 g/mol. The SMILES string of the molecule is CC(C)N(CCO)c1snc(N)c1S(C)(=O)=O. The summed E-state index contributed by atoms with van der Waals surface area (Å²) >= 11 is 1.04. The second kappa shape index (κ2) is 5.19. The van der Waals surface area contributed by atoms with Crippen molar-refractivity contribution < 1.29 is 13.5 Å². The highest BCUT2D eigenvalue weighted by Gasteiger charge is 2.26. The monoisotopic (exact) mass is 279 g/mol. The van der Waals surface area contributed by atoms with Crippen LogP contribution >= 0.6 is 11.5 Å². The van der Waals surface area contributed by atoms with Gasteiger partial charge in [-0.3, -0.25) is 0 Å². The molecule has 0 fully saturated rings. The Labute approximate surface area is 105 Å². The van der Waals surface area contributed by atoms with Gasteiger partial charge in [-0.15, -0.1) is 0 Å². The number of sulfone groups is 1. The van der Waals surface area contributed by atoms with Gasteiger partial charge in [-0.25, -0.2) is 8.42 Å². The molecule has 8 heteroatoms. The number of nitrogen functional groups attached to an aromatic ring is 1. The minimum Gasteiger partial charge on any atom is -0.395 e. The van der Waals surface area contributed by atoms with Gasteiger partial charge in [0.2, 0.25) is 0 Å². The lowest BCUT2D eigenvalue weighted by molar-refractivity contribution is 0.299. The highest BCUT2D eigenvalue weighted by Crippen LogP contribution is 2.35. The average Bonchev–Trinajstić information content (AvgIpc) is 2.55. The van der Waals surface area contributed by atoms with Crippen molar-refractivity contribution in [3.8, 4) is 0 Å². The quantitative estimate of drug-likeness (QED) is 0.806. The van der Waals surface area contributed by atoms with Gasteiger partial charge in [0, 0.05) is 18.8 Å². The number of nitrogens with zero attached hydrogens (tertiary/aromatic N) is 2. The normalized spacial score (nSPS) is 12.1. The molecule has 0 saturated heterocycles. The molecule has 0 aromatic carbocycles. The van der Waals surface area contributed by atoms with Crippen LogP contribution in [-0.4, -0.2) is 43.3 Å². The summed E-state index contributed by atoms with van der Waals surface area (Å²) in [6, 6.07) is 0.0579. The molecular weight excluding hydrogens is 262 g/mol. The van der Waals surface area contributed by atoms with Gasteiger partial charge in [0.05, 0.1) is 6.61 Å². The van der Waals surface area contributed by atoms with E-state index in [1.54, 1.807) is 4.90 Å². The molecule has 0 aliphatic carbocycles. The number of hydrogen-bond donors (Lipinski definition) is 2. The van der Waals surface area contributed by atoms with Crippen LogP contribution in [0.15, 0.2) is 4.90 Å². The number of hydrogen-bond acceptors (Lipinski definition) is 7. The molecule has 17 heavy (non-hydrogen) atoms. The van der Waals surface area contributed by atoms with Gasteiger partial charge in [-0.1, -0.05) is 0 Å². The van der Waals surface area contributed by atoms with E-state index in [9.17, 15) is 8.42 Å². The topological polar surface area (TPSA) is 96.5 Å². The van der Waals surface area contributed by atoms with Crippen molar-refractivity contribution in [2.24, 2.45) is 0 Å². The fraction of sp³-hybridized carbons (Fsp3) is 0.667. The first-order chi connectivity index (χ1) is 7.79. The lowest BCUT2D eigenvalue weighted by Gasteiger charge is -2.26. The molecule has 3 N–H and O–H groups in total. The molecule has 0 spiro atoms. The molecule has 0 unspecified atom stereocenters. The highest BCUT2D eigenvalue weighted by atomic mass is 32.2. The van der Waals surface area contributed by atoms with Gasteiger partial charge >= 0.3 is 0 Å². The third-order valence-electron chi connectivity index (χ3n) is 2.25. The molecule has 0 aliphatic rings. The summed E-state index contributed by atoms with van der Waals surface area (Å²) in [5.41, 5.74) is 5.59. The molecule has 6 nitrogen and oxygen atoms in total. The van der Waals surface area contributed by atoms with Crippen molar-refractivity contribution in [2.75, 3.05) is 30.0 Å². The summed E-state index contributed by atoms with van der Waals surface area (Å²) in [6.07, 6.45) is 1.11. The Morgan fingerprint density at radius 1 is 1.53 bits per heavy atom. The second-order valence-corrected chi connectivity index (χ2v) is 6.69. The minimum absolute atomic E-state index is 0.0242. The minimum atomic E-state index is -3.42. The van der Waals surface area contributed by atoms with E-state index in [1.807, 2.05) is 13.8 Å². The van der Waals surface area contributed by atoms with Crippen LogP contribution in [0, 0.1) is 0 Å². The van der Waals surface area contributed by atoms with Crippen molar-refractivity contribution in [2.45, 2.75) is 24.8 Å². The van der Waals surface area contributed by atoms with E-state index in [-0.39, 0.29) is 23.4 Å². The fourth-order valence-corrected chi connectivity index (χ4v) is 3.87. The summed E-state index contributed by atoms with van der Waals surface area (Å²) in [7, 11) is -3.42. The van der Waals surface area contributed by atoms with Gasteiger partial charge in [-0.2, -0.15) is 4.37 Å². The molecule has 0 radical (unpaired) electrons. The molecule has 1 rings (SSSR count). The van der Waals surface area contributed by atoms with Crippen molar-refractivity contribution in [1.29, 1.82) is 0 Å². The van der Waals surface area contributed by atoms with Gasteiger partial charge < -0.3 is 15.7 Å². The van der Waals surface area contributed by atoms with E-state index in [0.29, 0.717) is 11.5 Å². The number of aromatic nitrogens is 1. The summed E-state index contributed by atoms with van der Waals surface area (Å²) in [6.45, 7) is 4.12. The Bertz CT molecular complexity index is 482.